The Morgan fingerprint density at radius 2 is 2.18 bits per heavy atom. The van der Waals surface area contributed by atoms with Crippen molar-refractivity contribution in [3.63, 3.8) is 0 Å². The molecule has 0 aromatic rings. The zero-order chi connectivity index (χ0) is 12.5. The van der Waals surface area contributed by atoms with Gasteiger partial charge in [-0.3, -0.25) is 4.90 Å². The van der Waals surface area contributed by atoms with Gasteiger partial charge in [-0.1, -0.05) is 0 Å². The molecule has 0 saturated carbocycles. The van der Waals surface area contributed by atoms with Gasteiger partial charge in [0.2, 0.25) is 0 Å². The van der Waals surface area contributed by atoms with E-state index in [1.165, 1.54) is 0 Å². The van der Waals surface area contributed by atoms with Crippen LogP contribution in [0.3, 0.4) is 0 Å². The van der Waals surface area contributed by atoms with Crippen molar-refractivity contribution in [2.24, 2.45) is 0 Å². The number of rotatable bonds is 5. The van der Waals surface area contributed by atoms with Crippen LogP contribution < -0.4 is 0 Å². The van der Waals surface area contributed by atoms with Crippen LogP contribution in [0.4, 0.5) is 8.78 Å². The molecule has 3 nitrogen and oxygen atoms in total. The SMILES string of the molecule is CC(C)OC[C@@]12CCCN1CC(OC(F)F)C2. The lowest BCUT2D eigenvalue weighted by molar-refractivity contribution is -0.159. The van der Waals surface area contributed by atoms with E-state index in [1.807, 2.05) is 13.8 Å². The van der Waals surface area contributed by atoms with Crippen molar-refractivity contribution in [1.29, 1.82) is 0 Å². The van der Waals surface area contributed by atoms with Crippen LogP contribution in [0.15, 0.2) is 0 Å². The average molecular weight is 249 g/mol. The fourth-order valence-electron chi connectivity index (χ4n) is 3.03. The van der Waals surface area contributed by atoms with E-state index in [-0.39, 0.29) is 17.7 Å². The Balaban J connectivity index is 1.94. The molecule has 0 aromatic carbocycles. The van der Waals surface area contributed by atoms with Gasteiger partial charge in [-0.05, 0) is 39.7 Å². The van der Waals surface area contributed by atoms with E-state index in [0.717, 1.165) is 19.4 Å². The molecule has 0 bridgehead atoms. The molecule has 1 unspecified atom stereocenters. The van der Waals surface area contributed by atoms with E-state index in [4.69, 9.17) is 4.74 Å². The summed E-state index contributed by atoms with van der Waals surface area (Å²) in [6, 6.07) is 0. The van der Waals surface area contributed by atoms with Gasteiger partial charge in [-0.2, -0.15) is 8.78 Å². The highest BCUT2D eigenvalue weighted by molar-refractivity contribution is 5.04. The summed E-state index contributed by atoms with van der Waals surface area (Å²) in [5, 5.41) is 0. The fraction of sp³-hybridized carbons (Fsp3) is 1.00. The van der Waals surface area contributed by atoms with Gasteiger partial charge in [0.25, 0.3) is 0 Å². The highest BCUT2D eigenvalue weighted by Gasteiger charge is 2.49. The molecule has 2 rings (SSSR count). The van der Waals surface area contributed by atoms with Crippen molar-refractivity contribution in [1.82, 2.24) is 4.90 Å². The quantitative estimate of drug-likeness (QED) is 0.746. The molecule has 2 aliphatic heterocycles. The first-order valence-corrected chi connectivity index (χ1v) is 6.32. The standard InChI is InChI=1S/C12H21F2NO2/c1-9(2)16-8-12-4-3-5-15(12)7-10(6-12)17-11(13)14/h9-11H,3-8H2,1-2H3/t10?,12-/m0/s1. The normalized spacial score (nSPS) is 33.9. The molecule has 0 aromatic heterocycles. The molecule has 0 aliphatic carbocycles. The summed E-state index contributed by atoms with van der Waals surface area (Å²) in [5.41, 5.74) is -0.0518. The molecule has 2 fully saturated rings. The topological polar surface area (TPSA) is 21.7 Å². The first-order valence-electron chi connectivity index (χ1n) is 6.32. The number of alkyl halides is 2. The zero-order valence-corrected chi connectivity index (χ0v) is 10.5. The molecule has 2 saturated heterocycles. The minimum Gasteiger partial charge on any atom is -0.377 e. The van der Waals surface area contributed by atoms with E-state index in [1.54, 1.807) is 0 Å². The van der Waals surface area contributed by atoms with E-state index in [0.29, 0.717) is 19.6 Å². The van der Waals surface area contributed by atoms with E-state index < -0.39 is 6.61 Å². The van der Waals surface area contributed by atoms with Gasteiger partial charge >= 0.3 is 6.61 Å². The molecule has 2 atom stereocenters. The summed E-state index contributed by atoms with van der Waals surface area (Å²) in [4.78, 5) is 2.27. The third kappa shape index (κ3) is 2.95. The molecule has 5 heteroatoms. The first kappa shape index (κ1) is 13.2. The molecular weight excluding hydrogens is 228 g/mol. The van der Waals surface area contributed by atoms with Gasteiger partial charge in [-0.25, -0.2) is 0 Å². The molecule has 2 aliphatic rings. The maximum atomic E-state index is 12.2. The van der Waals surface area contributed by atoms with E-state index >= 15 is 0 Å². The number of ether oxygens (including phenoxy) is 2. The van der Waals surface area contributed by atoms with Crippen LogP contribution in [0.1, 0.15) is 33.1 Å². The summed E-state index contributed by atoms with van der Waals surface area (Å²) in [7, 11) is 0. The molecule has 0 radical (unpaired) electrons. The Labute approximate surface area is 101 Å². The minimum absolute atomic E-state index is 0.0518. The lowest BCUT2D eigenvalue weighted by atomic mass is 9.94. The smallest absolute Gasteiger partial charge is 0.345 e. The Bertz CT molecular complexity index is 263. The van der Waals surface area contributed by atoms with Gasteiger partial charge in [0.05, 0.1) is 18.8 Å². The third-order valence-electron chi connectivity index (χ3n) is 3.75. The predicted octanol–water partition coefficient (Wildman–Crippen LogP) is 2.26. The minimum atomic E-state index is -2.66. The van der Waals surface area contributed by atoms with Gasteiger partial charge in [0.1, 0.15) is 0 Å². The van der Waals surface area contributed by atoms with Crippen molar-refractivity contribution < 1.29 is 18.3 Å². The summed E-state index contributed by atoms with van der Waals surface area (Å²) in [5.74, 6) is 0. The Morgan fingerprint density at radius 3 is 2.82 bits per heavy atom. The van der Waals surface area contributed by atoms with Gasteiger partial charge in [-0.15, -0.1) is 0 Å². The second-order valence-corrected chi connectivity index (χ2v) is 5.36. The van der Waals surface area contributed by atoms with Crippen molar-refractivity contribution in [3.8, 4) is 0 Å². The highest BCUT2D eigenvalue weighted by Crippen LogP contribution is 2.40. The second kappa shape index (κ2) is 5.16. The van der Waals surface area contributed by atoms with Crippen molar-refractivity contribution in [2.75, 3.05) is 19.7 Å². The van der Waals surface area contributed by atoms with Crippen LogP contribution in [0.25, 0.3) is 0 Å². The lowest BCUT2D eigenvalue weighted by Gasteiger charge is -2.32. The molecule has 100 valence electrons. The summed E-state index contributed by atoms with van der Waals surface area (Å²) >= 11 is 0. The number of fused-ring (bicyclic) bond motifs is 1. The Kier molecular flexibility index (Phi) is 4.00. The molecule has 0 amide bonds. The fourth-order valence-corrected chi connectivity index (χ4v) is 3.03. The monoisotopic (exact) mass is 249 g/mol. The Hall–Kier alpha value is -0.260. The number of hydrogen-bond acceptors (Lipinski definition) is 3. The average Bonchev–Trinajstić information content (AvgIpc) is 2.70. The number of hydrogen-bond donors (Lipinski definition) is 0. The van der Waals surface area contributed by atoms with Crippen LogP contribution in [0.2, 0.25) is 0 Å². The molecule has 2 heterocycles. The van der Waals surface area contributed by atoms with E-state index in [2.05, 4.69) is 9.64 Å². The lowest BCUT2D eigenvalue weighted by Crippen LogP contribution is -2.43. The summed E-state index contributed by atoms with van der Waals surface area (Å²) in [6.07, 6.45) is 2.67. The van der Waals surface area contributed by atoms with Crippen molar-refractivity contribution in [2.45, 2.75) is 57.5 Å². The number of nitrogens with zero attached hydrogens (tertiary/aromatic N) is 1. The number of halogens is 2. The van der Waals surface area contributed by atoms with Gasteiger partial charge in [0.15, 0.2) is 0 Å². The molecule has 0 N–H and O–H groups in total. The van der Waals surface area contributed by atoms with Crippen LogP contribution in [-0.2, 0) is 9.47 Å². The third-order valence-corrected chi connectivity index (χ3v) is 3.75. The maximum absolute atomic E-state index is 12.2. The van der Waals surface area contributed by atoms with E-state index in [9.17, 15) is 8.78 Å². The van der Waals surface area contributed by atoms with Crippen LogP contribution in [0, 0.1) is 0 Å². The van der Waals surface area contributed by atoms with Crippen molar-refractivity contribution >= 4 is 0 Å². The molecular formula is C12H21F2NO2. The molecule has 17 heavy (non-hydrogen) atoms. The van der Waals surface area contributed by atoms with Crippen LogP contribution >= 0.6 is 0 Å². The highest BCUT2D eigenvalue weighted by atomic mass is 19.3. The van der Waals surface area contributed by atoms with Crippen LogP contribution in [0.5, 0.6) is 0 Å². The van der Waals surface area contributed by atoms with Crippen LogP contribution in [-0.4, -0.2) is 49.0 Å². The van der Waals surface area contributed by atoms with Crippen molar-refractivity contribution in [3.05, 3.63) is 0 Å². The van der Waals surface area contributed by atoms with Gasteiger partial charge < -0.3 is 9.47 Å². The Morgan fingerprint density at radius 1 is 1.41 bits per heavy atom. The zero-order valence-electron chi connectivity index (χ0n) is 10.5. The largest absolute Gasteiger partial charge is 0.377 e. The molecule has 0 spiro atoms. The first-order chi connectivity index (χ1) is 8.02. The maximum Gasteiger partial charge on any atom is 0.345 e. The summed E-state index contributed by atoms with van der Waals surface area (Å²) < 4.78 is 34.8. The summed E-state index contributed by atoms with van der Waals surface area (Å²) in [6.45, 7) is 3.56. The van der Waals surface area contributed by atoms with Gasteiger partial charge in [0, 0.05) is 12.1 Å². The predicted molar refractivity (Wildman–Crippen MR) is 60.1 cm³/mol. The second-order valence-electron chi connectivity index (χ2n) is 5.36.